The van der Waals surface area contributed by atoms with Gasteiger partial charge in [0.05, 0.1) is 25.1 Å². The van der Waals surface area contributed by atoms with Gasteiger partial charge in [-0.15, -0.1) is 11.1 Å². The van der Waals surface area contributed by atoms with Crippen molar-refractivity contribution in [3.63, 3.8) is 0 Å². The third-order valence-electron chi connectivity index (χ3n) is 11.2. The molecule has 296 valence electrons. The van der Waals surface area contributed by atoms with Crippen LogP contribution in [0.2, 0.25) is 19.6 Å². The Morgan fingerprint density at radius 2 is 1.33 bits per heavy atom. The average Bonchev–Trinajstić information content (AvgIpc) is 3.98. The van der Waals surface area contributed by atoms with Gasteiger partial charge in [-0.3, -0.25) is 0 Å². The Labute approximate surface area is 367 Å². The van der Waals surface area contributed by atoms with E-state index in [1.807, 2.05) is 13.2 Å². The molecule has 0 atom stereocenters. The van der Waals surface area contributed by atoms with E-state index in [2.05, 4.69) is 228 Å². The molecule has 4 heterocycles. The summed E-state index contributed by atoms with van der Waals surface area (Å²) in [5.74, 6) is 0.905. The van der Waals surface area contributed by atoms with Crippen LogP contribution in [-0.4, -0.2) is 46.1 Å². The fraction of sp³-hybridized carbons (Fsp3) is 0.0784. The summed E-state index contributed by atoms with van der Waals surface area (Å²) in [6, 6.07) is 63.8. The monoisotopic (exact) mass is 972 g/mol. The minimum absolute atomic E-state index is 0. The summed E-state index contributed by atoms with van der Waals surface area (Å²) >= 11 is 0. The fourth-order valence-corrected chi connectivity index (χ4v) is 9.47. The molecule has 9 aromatic rings. The van der Waals surface area contributed by atoms with Gasteiger partial charge in [-0.2, -0.15) is 65.2 Å². The molecule has 0 fully saturated rings. The number of pyridine rings is 1. The number of aromatic nitrogens is 4. The van der Waals surface area contributed by atoms with Crippen molar-refractivity contribution in [3.05, 3.63) is 195 Å². The van der Waals surface area contributed by atoms with E-state index in [1.54, 1.807) is 0 Å². The first-order valence-electron chi connectivity index (χ1n) is 20.1. The maximum absolute atomic E-state index is 5.55. The first-order chi connectivity index (χ1) is 28.8. The standard InChI is InChI=1S/C51H42BN6Si.Pt/c1-55-31-32-56(36-55)42-24-16-21-39(33-42)52(40-27-28-45-44-25-14-15-26-46(44)57(47(45)34-40)48-35-43(29-30-53-48)59(2,3)4)49-50(37-17-8-5-9-18-37)54-58(41-22-12-7-13-23-41)51(49)38-19-10-6-11-20-38;/h5-32,35-36H,1-4H3;/q-3;. The number of hydrogen-bond acceptors (Lipinski definition) is 4. The normalized spacial score (nSPS) is 12.7. The third-order valence-corrected chi connectivity index (χ3v) is 13.3. The van der Waals surface area contributed by atoms with Crippen LogP contribution in [0.15, 0.2) is 176 Å². The van der Waals surface area contributed by atoms with Crippen molar-refractivity contribution in [2.45, 2.75) is 19.6 Å². The predicted molar refractivity (Wildman–Crippen MR) is 248 cm³/mol. The molecule has 9 heteroatoms. The van der Waals surface area contributed by atoms with Gasteiger partial charge in [0.2, 0.25) is 0 Å². The number of nitrogens with zero attached hydrogens (tertiary/aromatic N) is 6. The van der Waals surface area contributed by atoms with Gasteiger partial charge < -0.3 is 14.4 Å². The molecule has 0 saturated heterocycles. The number of fused-ring (bicyclic) bond motifs is 3. The van der Waals surface area contributed by atoms with Crippen molar-refractivity contribution in [2.75, 3.05) is 11.9 Å². The quantitative estimate of drug-likeness (QED) is 0.107. The predicted octanol–water partition coefficient (Wildman–Crippen LogP) is 8.70. The van der Waals surface area contributed by atoms with Gasteiger partial charge in [0, 0.05) is 38.3 Å². The zero-order chi connectivity index (χ0) is 40.1. The topological polar surface area (TPSA) is 42.1 Å². The van der Waals surface area contributed by atoms with Crippen LogP contribution < -0.4 is 26.5 Å². The summed E-state index contributed by atoms with van der Waals surface area (Å²) in [4.78, 5) is 9.19. The molecule has 0 unspecified atom stereocenters. The molecule has 10 rings (SSSR count). The summed E-state index contributed by atoms with van der Waals surface area (Å²) in [5, 5.41) is 9.21. The largest absolute Gasteiger partial charge is 0.510 e. The number of para-hydroxylation sites is 2. The summed E-state index contributed by atoms with van der Waals surface area (Å²) < 4.78 is 4.43. The van der Waals surface area contributed by atoms with Crippen molar-refractivity contribution in [3.8, 4) is 34.0 Å². The minimum Gasteiger partial charge on any atom is -0.510 e. The second-order valence-electron chi connectivity index (χ2n) is 16.2. The van der Waals surface area contributed by atoms with Crippen molar-refractivity contribution >= 4 is 63.9 Å². The van der Waals surface area contributed by atoms with Gasteiger partial charge in [0.15, 0.2) is 6.71 Å². The third kappa shape index (κ3) is 7.14. The summed E-state index contributed by atoms with van der Waals surface area (Å²) in [5.41, 5.74) is 11.2. The van der Waals surface area contributed by atoms with E-state index >= 15 is 0 Å². The van der Waals surface area contributed by atoms with E-state index in [9.17, 15) is 0 Å². The fourth-order valence-electron chi connectivity index (χ4n) is 8.33. The van der Waals surface area contributed by atoms with Crippen LogP contribution in [0.25, 0.3) is 55.8 Å². The first kappa shape index (κ1) is 39.3. The second-order valence-corrected chi connectivity index (χ2v) is 21.3. The molecule has 0 saturated carbocycles. The van der Waals surface area contributed by atoms with Gasteiger partial charge in [0.1, 0.15) is 5.82 Å². The first-order valence-corrected chi connectivity index (χ1v) is 23.6. The smallest absolute Gasteiger partial charge is 0.197 e. The Morgan fingerprint density at radius 1 is 0.650 bits per heavy atom. The molecule has 1 aliphatic rings. The summed E-state index contributed by atoms with van der Waals surface area (Å²) in [7, 11) is 0.394. The average molecular weight is 973 g/mol. The number of rotatable bonds is 9. The number of anilines is 1. The van der Waals surface area contributed by atoms with E-state index in [1.165, 1.54) is 10.6 Å². The van der Waals surface area contributed by atoms with Crippen LogP contribution in [-0.2, 0) is 21.1 Å². The van der Waals surface area contributed by atoms with E-state index in [-0.39, 0.29) is 27.8 Å². The molecular formula is C51H42BN6PtSi-3. The zero-order valence-electron chi connectivity index (χ0n) is 33.9. The van der Waals surface area contributed by atoms with E-state index in [0.717, 1.165) is 72.5 Å². The number of hydrogen-bond donors (Lipinski definition) is 0. The Morgan fingerprint density at radius 3 is 2.05 bits per heavy atom. The molecule has 0 spiro atoms. The van der Waals surface area contributed by atoms with E-state index in [0.29, 0.717) is 0 Å². The zero-order valence-corrected chi connectivity index (χ0v) is 37.2. The van der Waals surface area contributed by atoms with E-state index < -0.39 is 8.07 Å². The van der Waals surface area contributed by atoms with Crippen LogP contribution in [0.4, 0.5) is 5.69 Å². The van der Waals surface area contributed by atoms with Crippen LogP contribution in [0.5, 0.6) is 0 Å². The second kappa shape index (κ2) is 16.1. The summed E-state index contributed by atoms with van der Waals surface area (Å²) in [6.07, 6.45) is 6.09. The molecule has 0 N–H and O–H groups in total. The molecule has 1 aliphatic heterocycles. The molecule has 60 heavy (non-hydrogen) atoms. The van der Waals surface area contributed by atoms with Gasteiger partial charge in [0.25, 0.3) is 0 Å². The molecule has 0 amide bonds. The number of benzene rings is 6. The van der Waals surface area contributed by atoms with Crippen molar-refractivity contribution < 1.29 is 21.1 Å². The Hall–Kier alpha value is -6.21. The van der Waals surface area contributed by atoms with Crippen LogP contribution >= 0.6 is 0 Å². The van der Waals surface area contributed by atoms with Crippen LogP contribution in [0.3, 0.4) is 0 Å². The Kier molecular flexibility index (Phi) is 10.5. The molecular weight excluding hydrogens is 931 g/mol. The maximum Gasteiger partial charge on any atom is 0.197 e. The van der Waals surface area contributed by atoms with Gasteiger partial charge in [-0.1, -0.05) is 127 Å². The van der Waals surface area contributed by atoms with Crippen molar-refractivity contribution in [1.82, 2.24) is 24.2 Å². The molecule has 0 bridgehead atoms. The summed E-state index contributed by atoms with van der Waals surface area (Å²) in [6.45, 7) is 8.89. The van der Waals surface area contributed by atoms with Crippen molar-refractivity contribution in [2.24, 2.45) is 0 Å². The Balaban J connectivity index is 0.00000462. The van der Waals surface area contributed by atoms with E-state index in [4.69, 9.17) is 10.1 Å². The molecule has 6 aromatic carbocycles. The molecule has 0 aliphatic carbocycles. The van der Waals surface area contributed by atoms with Gasteiger partial charge in [-0.05, 0) is 66.2 Å². The van der Waals surface area contributed by atoms with Gasteiger partial charge >= 0.3 is 0 Å². The maximum atomic E-state index is 5.55. The Bertz CT molecular complexity index is 2990. The minimum atomic E-state index is -1.64. The van der Waals surface area contributed by atoms with Gasteiger partial charge in [-0.25, -0.2) is 9.67 Å². The molecule has 6 nitrogen and oxygen atoms in total. The van der Waals surface area contributed by atoms with Crippen molar-refractivity contribution in [1.29, 1.82) is 0 Å². The SMILES string of the molecule is CN1C=CN(c2[c-]c(B(c3[c-]c4c(cc3)c3ccccc3n4-c3cc([Si](C)(C)C)ccn3)c3c(-c4ccccc4)nn(-c4ccccc4)c3-c3ccccc3)ccc2)[CH-]1.[Pt]. The van der Waals surface area contributed by atoms with Crippen LogP contribution in [0, 0.1) is 18.8 Å². The molecule has 0 radical (unpaired) electrons. The molecule has 3 aromatic heterocycles. The van der Waals surface area contributed by atoms with Crippen LogP contribution in [0.1, 0.15) is 0 Å².